The van der Waals surface area contributed by atoms with Gasteiger partial charge >= 0.3 is 6.18 Å². The molecule has 4 aromatic rings. The molecule has 0 radical (unpaired) electrons. The van der Waals surface area contributed by atoms with Crippen molar-refractivity contribution in [3.8, 4) is 22.9 Å². The second-order valence-corrected chi connectivity index (χ2v) is 8.34. The number of aromatic nitrogens is 5. The third-order valence-electron chi connectivity index (χ3n) is 5.58. The van der Waals surface area contributed by atoms with Gasteiger partial charge in [-0.2, -0.15) is 18.3 Å². The predicted molar refractivity (Wildman–Crippen MR) is 125 cm³/mol. The third-order valence-corrected chi connectivity index (χ3v) is 5.58. The Balaban J connectivity index is 1.51. The van der Waals surface area contributed by atoms with Crippen molar-refractivity contribution in [3.63, 3.8) is 0 Å². The maximum atomic E-state index is 14.8. The minimum absolute atomic E-state index is 0.0110. The van der Waals surface area contributed by atoms with Gasteiger partial charge in [0.05, 0.1) is 49.3 Å². The molecule has 3 heterocycles. The summed E-state index contributed by atoms with van der Waals surface area (Å²) < 4.78 is 80.3. The van der Waals surface area contributed by atoms with E-state index in [1.165, 1.54) is 44.8 Å². The van der Waals surface area contributed by atoms with Gasteiger partial charge in [-0.15, -0.1) is 0 Å². The van der Waals surface area contributed by atoms with Crippen LogP contribution < -0.4 is 20.6 Å². The van der Waals surface area contributed by atoms with Crippen LogP contribution in [0.5, 0.6) is 11.5 Å². The zero-order valence-corrected chi connectivity index (χ0v) is 19.9. The van der Waals surface area contributed by atoms with Crippen molar-refractivity contribution in [2.75, 3.05) is 7.11 Å². The fraction of sp³-hybridized carbons (Fsp3) is 0.292. The number of hydrogen-bond acceptors (Lipinski definition) is 7. The summed E-state index contributed by atoms with van der Waals surface area (Å²) in [5, 5.41) is 5.33. The van der Waals surface area contributed by atoms with Crippen LogP contribution in [0, 0.1) is 5.82 Å². The van der Waals surface area contributed by atoms with Crippen molar-refractivity contribution in [1.82, 2.24) is 24.7 Å². The summed E-state index contributed by atoms with van der Waals surface area (Å²) in [4.78, 5) is 32.5. The highest BCUT2D eigenvalue weighted by Crippen LogP contribution is 2.33. The fourth-order valence-electron chi connectivity index (χ4n) is 3.83. The van der Waals surface area contributed by atoms with Crippen LogP contribution in [0.2, 0.25) is 0 Å². The fourth-order valence-corrected chi connectivity index (χ4v) is 3.83. The number of benzene rings is 1. The van der Waals surface area contributed by atoms with Gasteiger partial charge in [-0.3, -0.25) is 9.59 Å². The molecule has 0 amide bonds. The van der Waals surface area contributed by atoms with Gasteiger partial charge in [0.1, 0.15) is 12.0 Å². The van der Waals surface area contributed by atoms with Gasteiger partial charge in [0.2, 0.25) is 0 Å². The molecule has 38 heavy (non-hydrogen) atoms. The summed E-state index contributed by atoms with van der Waals surface area (Å²) in [7, 11) is 1.43. The molecule has 0 saturated heterocycles. The Labute approximate surface area is 210 Å². The van der Waals surface area contributed by atoms with Crippen molar-refractivity contribution in [2.45, 2.75) is 38.3 Å². The molecule has 200 valence electrons. The van der Waals surface area contributed by atoms with Crippen molar-refractivity contribution in [3.05, 3.63) is 75.1 Å². The summed E-state index contributed by atoms with van der Waals surface area (Å²) in [6.07, 6.45) is -3.50. The van der Waals surface area contributed by atoms with Gasteiger partial charge in [0.15, 0.2) is 22.9 Å². The van der Waals surface area contributed by atoms with Crippen LogP contribution in [0.1, 0.15) is 18.9 Å². The summed E-state index contributed by atoms with van der Waals surface area (Å²) in [5.41, 5.74) is -3.69. The molecule has 4 rings (SSSR count). The number of alkyl halides is 4. The quantitative estimate of drug-likeness (QED) is 0.339. The molecule has 0 unspecified atom stereocenters. The van der Waals surface area contributed by atoms with Crippen molar-refractivity contribution < 1.29 is 31.4 Å². The number of pyridine rings is 1. The zero-order valence-electron chi connectivity index (χ0n) is 19.9. The van der Waals surface area contributed by atoms with E-state index in [0.717, 1.165) is 10.6 Å². The number of hydrogen-bond donors (Lipinski definition) is 1. The van der Waals surface area contributed by atoms with Gasteiger partial charge in [0, 0.05) is 12.6 Å². The molecule has 0 aliphatic carbocycles. The maximum absolute atomic E-state index is 14.8. The molecule has 14 heteroatoms. The van der Waals surface area contributed by atoms with Crippen molar-refractivity contribution >= 4 is 10.8 Å². The first kappa shape index (κ1) is 26.7. The largest absolute Gasteiger partial charge is 0.494 e. The van der Waals surface area contributed by atoms with E-state index in [4.69, 9.17) is 9.47 Å². The number of ether oxygens (including phenoxy) is 2. The van der Waals surface area contributed by atoms with Crippen LogP contribution >= 0.6 is 0 Å². The average molecular weight is 537 g/mol. The second kappa shape index (κ2) is 10.6. The maximum Gasteiger partial charge on any atom is 0.425 e. The SMILES string of the molecule is COc1cnc(-c2cc3ccn(C[C@@H](F)C[C@@H](C)Oc4cn[nH]c(=O)c4C(F)(F)F)c(=O)c3cc2F)nc1. The lowest BCUT2D eigenvalue weighted by Crippen LogP contribution is -2.29. The molecule has 0 bridgehead atoms. The Morgan fingerprint density at radius 3 is 2.50 bits per heavy atom. The molecule has 0 aliphatic rings. The Bertz CT molecular complexity index is 1570. The summed E-state index contributed by atoms with van der Waals surface area (Å²) in [6.45, 7) is 0.850. The minimum atomic E-state index is -5.01. The number of halogens is 5. The average Bonchev–Trinajstić information content (AvgIpc) is 2.85. The first-order valence-electron chi connectivity index (χ1n) is 11.1. The van der Waals surface area contributed by atoms with E-state index >= 15 is 0 Å². The van der Waals surface area contributed by atoms with E-state index in [2.05, 4.69) is 15.1 Å². The minimum Gasteiger partial charge on any atom is -0.494 e. The number of nitrogens with one attached hydrogen (secondary N) is 1. The number of aromatic amines is 1. The van der Waals surface area contributed by atoms with E-state index < -0.39 is 59.7 Å². The van der Waals surface area contributed by atoms with E-state index in [9.17, 15) is 31.5 Å². The first-order valence-corrected chi connectivity index (χ1v) is 11.1. The lowest BCUT2D eigenvalue weighted by molar-refractivity contribution is -0.140. The van der Waals surface area contributed by atoms with Gasteiger partial charge in [-0.25, -0.2) is 23.8 Å². The van der Waals surface area contributed by atoms with Crippen LogP contribution in [0.3, 0.4) is 0 Å². The zero-order chi connectivity index (χ0) is 27.6. The van der Waals surface area contributed by atoms with Crippen molar-refractivity contribution in [2.24, 2.45) is 0 Å². The summed E-state index contributed by atoms with van der Waals surface area (Å²) >= 11 is 0. The number of fused-ring (bicyclic) bond motifs is 1. The molecular weight excluding hydrogens is 517 g/mol. The van der Waals surface area contributed by atoms with Crippen LogP contribution in [0.15, 0.2) is 52.6 Å². The number of nitrogens with zero attached hydrogens (tertiary/aromatic N) is 4. The van der Waals surface area contributed by atoms with Crippen LogP contribution in [0.4, 0.5) is 22.0 Å². The summed E-state index contributed by atoms with van der Waals surface area (Å²) in [6, 6.07) is 3.90. The Morgan fingerprint density at radius 1 is 1.13 bits per heavy atom. The molecule has 1 aromatic carbocycles. The van der Waals surface area contributed by atoms with Gasteiger partial charge < -0.3 is 14.0 Å². The molecule has 9 nitrogen and oxygen atoms in total. The van der Waals surface area contributed by atoms with Crippen molar-refractivity contribution in [1.29, 1.82) is 0 Å². The third kappa shape index (κ3) is 5.63. The number of methoxy groups -OCH3 is 1. The van der Waals surface area contributed by atoms with Crippen LogP contribution in [-0.2, 0) is 12.7 Å². The standard InChI is InChI=1S/C24H20F5N5O4/c1-12(38-19-10-32-33-22(35)20(19)24(27,28)29)5-14(25)11-34-4-3-13-6-17(18(26)7-16(13)23(34)36)21-30-8-15(37-2)9-31-21/h3-4,6-10,12,14H,5,11H2,1-2H3,(H,33,35)/t12-,14+/m1/s1. The normalized spacial score (nSPS) is 13.3. The van der Waals surface area contributed by atoms with E-state index in [1.54, 1.807) is 5.10 Å². The van der Waals surface area contributed by atoms with Gasteiger partial charge in [-0.05, 0) is 30.5 Å². The highest BCUT2D eigenvalue weighted by Gasteiger charge is 2.38. The van der Waals surface area contributed by atoms with Crippen LogP contribution in [0.25, 0.3) is 22.2 Å². The lowest BCUT2D eigenvalue weighted by atomic mass is 10.1. The van der Waals surface area contributed by atoms with Gasteiger partial charge in [-0.1, -0.05) is 0 Å². The number of rotatable bonds is 8. The molecule has 3 aromatic heterocycles. The summed E-state index contributed by atoms with van der Waals surface area (Å²) in [5.74, 6) is -1.14. The Hall–Kier alpha value is -4.36. The Kier molecular flexibility index (Phi) is 7.41. The topological polar surface area (TPSA) is 112 Å². The van der Waals surface area contributed by atoms with Crippen LogP contribution in [-0.4, -0.2) is 44.1 Å². The lowest BCUT2D eigenvalue weighted by Gasteiger charge is -2.19. The highest BCUT2D eigenvalue weighted by molar-refractivity contribution is 5.86. The smallest absolute Gasteiger partial charge is 0.425 e. The molecule has 1 N–H and O–H groups in total. The molecule has 2 atom stereocenters. The molecule has 0 aliphatic heterocycles. The highest BCUT2D eigenvalue weighted by atomic mass is 19.4. The van der Waals surface area contributed by atoms with Gasteiger partial charge in [0.25, 0.3) is 11.1 Å². The van der Waals surface area contributed by atoms with E-state index in [1.807, 2.05) is 0 Å². The Morgan fingerprint density at radius 2 is 1.84 bits per heavy atom. The predicted octanol–water partition coefficient (Wildman–Crippen LogP) is 3.90. The van der Waals surface area contributed by atoms with E-state index in [0.29, 0.717) is 17.3 Å². The number of H-pyrrole nitrogens is 1. The second-order valence-electron chi connectivity index (χ2n) is 8.34. The molecule has 0 fully saturated rings. The molecular formula is C24H20F5N5O4. The first-order chi connectivity index (χ1) is 18.0. The van der Waals surface area contributed by atoms with E-state index in [-0.39, 0.29) is 16.8 Å². The monoisotopic (exact) mass is 537 g/mol. The molecule has 0 spiro atoms. The molecule has 0 saturated carbocycles.